The first kappa shape index (κ1) is 23.3. The zero-order chi connectivity index (χ0) is 24.2. The molecule has 34 heavy (non-hydrogen) atoms. The molecular formula is C26H23ClN2O5. The summed E-state index contributed by atoms with van der Waals surface area (Å²) in [7, 11) is 0. The lowest BCUT2D eigenvalue weighted by molar-refractivity contribution is -0.118. The number of carbonyl (C=O) groups is 3. The zero-order valence-corrected chi connectivity index (χ0v) is 19.1. The number of alkyl carbamates (subject to hydrolysis) is 1. The number of hydrogen-bond donors (Lipinski definition) is 3. The van der Waals surface area contributed by atoms with Crippen LogP contribution in [0.1, 0.15) is 40.7 Å². The van der Waals surface area contributed by atoms with E-state index in [2.05, 4.69) is 22.8 Å². The van der Waals surface area contributed by atoms with Gasteiger partial charge < -0.3 is 20.5 Å². The Morgan fingerprint density at radius 2 is 1.62 bits per heavy atom. The summed E-state index contributed by atoms with van der Waals surface area (Å²) in [6.45, 7) is 1.90. The maximum Gasteiger partial charge on any atom is 0.407 e. The molecule has 0 fully saturated rings. The maximum atomic E-state index is 12.7. The van der Waals surface area contributed by atoms with Crippen molar-refractivity contribution in [2.24, 2.45) is 0 Å². The van der Waals surface area contributed by atoms with Crippen molar-refractivity contribution < 1.29 is 24.2 Å². The molecule has 1 aliphatic rings. The second kappa shape index (κ2) is 9.97. The highest BCUT2D eigenvalue weighted by Gasteiger charge is 2.29. The van der Waals surface area contributed by atoms with E-state index in [0.717, 1.165) is 22.3 Å². The Morgan fingerprint density at radius 1 is 1.00 bits per heavy atom. The van der Waals surface area contributed by atoms with Gasteiger partial charge in [-0.15, -0.1) is 0 Å². The SMILES string of the molecule is CC[C@@H](NC(=O)OCC1c2ccccc2-c2ccccc21)C(=O)Nc1ccc(C(=O)O)c(Cl)c1. The zero-order valence-electron chi connectivity index (χ0n) is 18.4. The Morgan fingerprint density at radius 3 is 2.18 bits per heavy atom. The first-order chi connectivity index (χ1) is 16.4. The molecule has 0 bridgehead atoms. The minimum atomic E-state index is -1.16. The number of aromatic carboxylic acids is 1. The van der Waals surface area contributed by atoms with Crippen molar-refractivity contribution in [2.45, 2.75) is 25.3 Å². The van der Waals surface area contributed by atoms with Crippen LogP contribution >= 0.6 is 11.6 Å². The lowest BCUT2D eigenvalue weighted by atomic mass is 9.98. The smallest absolute Gasteiger partial charge is 0.407 e. The molecule has 0 unspecified atom stereocenters. The number of ether oxygens (including phenoxy) is 1. The minimum absolute atomic E-state index is 0.00263. The van der Waals surface area contributed by atoms with E-state index in [1.54, 1.807) is 6.92 Å². The van der Waals surface area contributed by atoms with E-state index in [0.29, 0.717) is 12.1 Å². The number of carboxylic acids is 1. The normalized spacial score (nSPS) is 12.9. The lowest BCUT2D eigenvalue weighted by Gasteiger charge is -2.19. The van der Waals surface area contributed by atoms with Crippen LogP contribution in [0.15, 0.2) is 66.7 Å². The van der Waals surface area contributed by atoms with Gasteiger partial charge in [0.1, 0.15) is 12.6 Å². The Bertz CT molecular complexity index is 1210. The van der Waals surface area contributed by atoms with Gasteiger partial charge in [-0.25, -0.2) is 9.59 Å². The van der Waals surface area contributed by atoms with Crippen LogP contribution in [-0.2, 0) is 9.53 Å². The molecule has 0 saturated heterocycles. The maximum absolute atomic E-state index is 12.7. The van der Waals surface area contributed by atoms with Crippen molar-refractivity contribution in [2.75, 3.05) is 11.9 Å². The number of hydrogen-bond acceptors (Lipinski definition) is 4. The van der Waals surface area contributed by atoms with E-state index in [-0.39, 0.29) is 23.1 Å². The van der Waals surface area contributed by atoms with Gasteiger partial charge in [0.15, 0.2) is 0 Å². The molecule has 0 radical (unpaired) electrons. The van der Waals surface area contributed by atoms with Crippen LogP contribution < -0.4 is 10.6 Å². The first-order valence-electron chi connectivity index (χ1n) is 10.8. The van der Waals surface area contributed by atoms with E-state index in [1.165, 1.54) is 18.2 Å². The monoisotopic (exact) mass is 478 g/mol. The van der Waals surface area contributed by atoms with Crippen LogP contribution in [0.3, 0.4) is 0 Å². The van der Waals surface area contributed by atoms with Crippen LogP contribution in [0.25, 0.3) is 11.1 Å². The van der Waals surface area contributed by atoms with Gasteiger partial charge >= 0.3 is 12.1 Å². The van der Waals surface area contributed by atoms with Gasteiger partial charge in [0, 0.05) is 11.6 Å². The Hall–Kier alpha value is -3.84. The molecule has 7 nitrogen and oxygen atoms in total. The molecule has 3 aromatic carbocycles. The fraction of sp³-hybridized carbons (Fsp3) is 0.192. The second-order valence-electron chi connectivity index (χ2n) is 7.92. The summed E-state index contributed by atoms with van der Waals surface area (Å²) < 4.78 is 5.52. The summed E-state index contributed by atoms with van der Waals surface area (Å²) >= 11 is 5.96. The van der Waals surface area contributed by atoms with Crippen LogP contribution in [0.2, 0.25) is 5.02 Å². The predicted molar refractivity (Wildman–Crippen MR) is 129 cm³/mol. The summed E-state index contributed by atoms with van der Waals surface area (Å²) in [5, 5.41) is 14.3. The molecule has 2 amide bonds. The highest BCUT2D eigenvalue weighted by Crippen LogP contribution is 2.44. The number of amides is 2. The van der Waals surface area contributed by atoms with E-state index >= 15 is 0 Å². The van der Waals surface area contributed by atoms with Crippen molar-refractivity contribution in [1.29, 1.82) is 0 Å². The van der Waals surface area contributed by atoms with Crippen LogP contribution in [0.4, 0.5) is 10.5 Å². The van der Waals surface area contributed by atoms with Crippen molar-refractivity contribution in [3.05, 3.63) is 88.4 Å². The van der Waals surface area contributed by atoms with Crippen molar-refractivity contribution >= 4 is 35.3 Å². The van der Waals surface area contributed by atoms with E-state index in [9.17, 15) is 14.4 Å². The molecule has 0 spiro atoms. The Balaban J connectivity index is 1.38. The topological polar surface area (TPSA) is 105 Å². The van der Waals surface area contributed by atoms with Gasteiger partial charge in [0.05, 0.1) is 10.6 Å². The highest BCUT2D eigenvalue weighted by atomic mass is 35.5. The molecule has 3 N–H and O–H groups in total. The number of nitrogens with one attached hydrogen (secondary N) is 2. The molecule has 0 aromatic heterocycles. The van der Waals surface area contributed by atoms with Crippen LogP contribution in [-0.4, -0.2) is 35.7 Å². The van der Waals surface area contributed by atoms with Gasteiger partial charge in [0.2, 0.25) is 5.91 Å². The molecule has 0 aliphatic heterocycles. The van der Waals surface area contributed by atoms with Crippen molar-refractivity contribution in [3.8, 4) is 11.1 Å². The number of carboxylic acid groups (broad SMARTS) is 1. The average Bonchev–Trinajstić information content (AvgIpc) is 3.14. The van der Waals surface area contributed by atoms with Crippen LogP contribution in [0.5, 0.6) is 0 Å². The summed E-state index contributed by atoms with van der Waals surface area (Å²) in [4.78, 5) is 36.3. The number of benzene rings is 3. The predicted octanol–water partition coefficient (Wildman–Crippen LogP) is 5.29. The fourth-order valence-corrected chi connectivity index (χ4v) is 4.39. The standard InChI is InChI=1S/C26H23ClN2O5/c1-2-23(24(30)28-15-11-12-20(25(31)32)22(27)13-15)29-26(33)34-14-21-18-9-5-3-7-16(18)17-8-4-6-10-19(17)21/h3-13,21,23H,2,14H2,1H3,(H,28,30)(H,29,33)(H,31,32)/t23-/m1/s1. The summed E-state index contributed by atoms with van der Waals surface area (Å²) in [6.07, 6.45) is -0.361. The Kier molecular flexibility index (Phi) is 6.84. The molecule has 1 atom stereocenters. The minimum Gasteiger partial charge on any atom is -0.478 e. The summed E-state index contributed by atoms with van der Waals surface area (Å²) in [6, 6.07) is 19.3. The molecule has 3 aromatic rings. The molecule has 4 rings (SSSR count). The number of anilines is 1. The molecule has 1 aliphatic carbocycles. The second-order valence-corrected chi connectivity index (χ2v) is 8.33. The fourth-order valence-electron chi connectivity index (χ4n) is 4.13. The van der Waals surface area contributed by atoms with E-state index in [1.807, 2.05) is 36.4 Å². The van der Waals surface area contributed by atoms with E-state index in [4.69, 9.17) is 21.4 Å². The lowest BCUT2D eigenvalue weighted by Crippen LogP contribution is -2.43. The quantitative estimate of drug-likeness (QED) is 0.427. The largest absolute Gasteiger partial charge is 0.478 e. The summed E-state index contributed by atoms with van der Waals surface area (Å²) in [5.41, 5.74) is 4.72. The highest BCUT2D eigenvalue weighted by molar-refractivity contribution is 6.33. The van der Waals surface area contributed by atoms with Crippen LogP contribution in [0, 0.1) is 0 Å². The summed E-state index contributed by atoms with van der Waals surface area (Å²) in [5.74, 6) is -1.71. The molecular weight excluding hydrogens is 456 g/mol. The van der Waals surface area contributed by atoms with Gasteiger partial charge in [-0.3, -0.25) is 4.79 Å². The third-order valence-electron chi connectivity index (χ3n) is 5.83. The molecule has 174 valence electrons. The van der Waals surface area contributed by atoms with Gasteiger partial charge in [-0.2, -0.15) is 0 Å². The first-order valence-corrected chi connectivity index (χ1v) is 11.2. The third kappa shape index (κ3) is 4.75. The Labute approximate surface area is 201 Å². The number of halogens is 1. The van der Waals surface area contributed by atoms with Crippen molar-refractivity contribution in [1.82, 2.24) is 5.32 Å². The molecule has 8 heteroatoms. The number of rotatable bonds is 7. The molecule has 0 saturated carbocycles. The van der Waals surface area contributed by atoms with Crippen molar-refractivity contribution in [3.63, 3.8) is 0 Å². The van der Waals surface area contributed by atoms with E-state index < -0.39 is 24.0 Å². The van der Waals surface area contributed by atoms with Gasteiger partial charge in [-0.1, -0.05) is 67.1 Å². The molecule has 0 heterocycles. The van der Waals surface area contributed by atoms with Gasteiger partial charge in [0.25, 0.3) is 0 Å². The average molecular weight is 479 g/mol. The third-order valence-corrected chi connectivity index (χ3v) is 6.14. The number of fused-ring (bicyclic) bond motifs is 3. The number of carbonyl (C=O) groups excluding carboxylic acids is 2. The van der Waals surface area contributed by atoms with Gasteiger partial charge in [-0.05, 0) is 46.9 Å².